The molecule has 0 N–H and O–H groups in total. The van der Waals surface area contributed by atoms with Crippen molar-refractivity contribution in [1.29, 1.82) is 0 Å². The first-order valence-electron chi connectivity index (χ1n) is 16.2. The lowest BCUT2D eigenvalue weighted by Gasteiger charge is -2.46. The molecule has 4 aliphatic carbocycles. The second-order valence-corrected chi connectivity index (χ2v) is 15.3. The molecule has 42 heavy (non-hydrogen) atoms. The second-order valence-electron chi connectivity index (χ2n) is 13.8. The van der Waals surface area contributed by atoms with E-state index in [4.69, 9.17) is 26.1 Å². The highest BCUT2D eigenvalue weighted by Crippen LogP contribution is 2.52. The van der Waals surface area contributed by atoms with E-state index in [1.807, 2.05) is 19.0 Å². The summed E-state index contributed by atoms with van der Waals surface area (Å²) in [5.41, 5.74) is 2.31. The molecule has 3 fully saturated rings. The Bertz CT molecular complexity index is 1030. The predicted octanol–water partition coefficient (Wildman–Crippen LogP) is 7.48. The van der Waals surface area contributed by atoms with Crippen LogP contribution in [0, 0.1) is 11.8 Å². The third kappa shape index (κ3) is 7.00. The highest BCUT2D eigenvalue weighted by molar-refractivity contribution is 7.99. The summed E-state index contributed by atoms with van der Waals surface area (Å²) in [7, 11) is 5.67. The van der Waals surface area contributed by atoms with E-state index in [-0.39, 0.29) is 22.9 Å². The third-order valence-electron chi connectivity index (χ3n) is 10.7. The lowest BCUT2D eigenvalue weighted by molar-refractivity contribution is -0.0676. The fourth-order valence-electron chi connectivity index (χ4n) is 8.12. The van der Waals surface area contributed by atoms with Crippen LogP contribution in [0.15, 0.2) is 5.16 Å². The fraction of sp³-hybridized carbons (Fsp3) is 0.906. The Hall–Kier alpha value is -0.480. The van der Waals surface area contributed by atoms with Gasteiger partial charge in [-0.05, 0) is 97.1 Å². The molecular weight excluding hydrogens is 583 g/mol. The van der Waals surface area contributed by atoms with Crippen molar-refractivity contribution < 1.29 is 22.6 Å². The number of hydrogen-bond donors (Lipinski definition) is 0. The van der Waals surface area contributed by atoms with E-state index < -0.39 is 30.5 Å². The van der Waals surface area contributed by atoms with E-state index in [1.54, 1.807) is 7.11 Å². The number of rotatable bonds is 10. The molecule has 1 aromatic heterocycles. The molecule has 8 unspecified atom stereocenters. The molecule has 3 saturated carbocycles. The summed E-state index contributed by atoms with van der Waals surface area (Å²) >= 11 is 8.14. The van der Waals surface area contributed by atoms with Gasteiger partial charge in [0.2, 0.25) is 0 Å². The van der Waals surface area contributed by atoms with Crippen LogP contribution < -0.4 is 0 Å². The van der Waals surface area contributed by atoms with Crippen LogP contribution >= 0.6 is 23.4 Å². The van der Waals surface area contributed by atoms with Gasteiger partial charge in [-0.25, -0.2) is 18.2 Å². The van der Waals surface area contributed by atoms with Crippen molar-refractivity contribution in [1.82, 2.24) is 14.5 Å². The first kappa shape index (κ1) is 32.9. The Labute approximate surface area is 260 Å². The van der Waals surface area contributed by atoms with Crippen LogP contribution in [0.5, 0.6) is 0 Å². The first-order valence-corrected chi connectivity index (χ1v) is 17.6. The van der Waals surface area contributed by atoms with Gasteiger partial charge in [0.05, 0.1) is 29.9 Å². The van der Waals surface area contributed by atoms with E-state index in [0.29, 0.717) is 50.5 Å². The molecule has 5 nitrogen and oxygen atoms in total. The van der Waals surface area contributed by atoms with Crippen molar-refractivity contribution in [2.24, 2.45) is 11.8 Å². The Morgan fingerprint density at radius 2 is 1.81 bits per heavy atom. The molecule has 8 atom stereocenters. The van der Waals surface area contributed by atoms with Crippen molar-refractivity contribution in [3.63, 3.8) is 0 Å². The Morgan fingerprint density at radius 3 is 2.52 bits per heavy atom. The molecule has 1 heterocycles. The number of halogens is 4. The van der Waals surface area contributed by atoms with Crippen LogP contribution in [0.1, 0.15) is 95.0 Å². The summed E-state index contributed by atoms with van der Waals surface area (Å²) < 4.78 is 59.3. The van der Waals surface area contributed by atoms with Crippen molar-refractivity contribution in [3.05, 3.63) is 11.4 Å². The van der Waals surface area contributed by atoms with Crippen molar-refractivity contribution in [2.75, 3.05) is 40.1 Å². The number of thioether (sulfide) groups is 1. The Balaban J connectivity index is 1.41. The maximum atomic E-state index is 15.7. The van der Waals surface area contributed by atoms with Crippen LogP contribution in [0.3, 0.4) is 0 Å². The number of likely N-dealkylation sites (N-methyl/N-ethyl adjacent to an activating group) is 1. The predicted molar refractivity (Wildman–Crippen MR) is 164 cm³/mol. The maximum absolute atomic E-state index is 15.7. The molecule has 0 aliphatic heterocycles. The molecule has 10 heteroatoms. The molecule has 1 aromatic rings. The zero-order valence-electron chi connectivity index (χ0n) is 25.9. The van der Waals surface area contributed by atoms with Gasteiger partial charge in [0, 0.05) is 42.5 Å². The van der Waals surface area contributed by atoms with Crippen molar-refractivity contribution >= 4 is 23.4 Å². The van der Waals surface area contributed by atoms with Crippen molar-refractivity contribution in [3.8, 4) is 0 Å². The van der Waals surface area contributed by atoms with Gasteiger partial charge in [-0.15, -0.1) is 11.6 Å². The van der Waals surface area contributed by atoms with E-state index in [1.165, 1.54) is 17.5 Å². The van der Waals surface area contributed by atoms with Crippen LogP contribution in [-0.2, 0) is 21.3 Å². The molecular formula is C32H51ClF3N3O2S. The van der Waals surface area contributed by atoms with E-state index in [9.17, 15) is 4.39 Å². The number of nitrogens with zero attached hydrogens (tertiary/aromatic N) is 3. The summed E-state index contributed by atoms with van der Waals surface area (Å²) in [5, 5.41) is 0.891. The average Bonchev–Trinajstić information content (AvgIpc) is 3.34. The maximum Gasteiger partial charge on any atom is 0.168 e. The largest absolute Gasteiger partial charge is 0.380 e. The standard InChI is InChI=1S/C32H51ClF3N3O2S/c1-32(20-7-12-24(33)28(18-20)40-4)15-5-6-26-30(32)39(22-10-8-21(34)9-11-22)31(37-26)42-19-23-25(35)13-14-27(29(23)36)41-17-16-38(2)3/h20-25,27-29H,5-19H2,1-4H3. The molecule has 0 spiro atoms. The molecule has 0 radical (unpaired) electrons. The zero-order valence-corrected chi connectivity index (χ0v) is 27.5. The molecule has 0 bridgehead atoms. The number of aromatic nitrogens is 2. The van der Waals surface area contributed by atoms with Crippen LogP contribution in [0.25, 0.3) is 0 Å². The lowest BCUT2D eigenvalue weighted by atomic mass is 9.62. The lowest BCUT2D eigenvalue weighted by Crippen LogP contribution is -2.44. The molecule has 240 valence electrons. The summed E-state index contributed by atoms with van der Waals surface area (Å²) in [6.45, 7) is 3.54. The normalized spacial score (nSPS) is 39.4. The second kappa shape index (κ2) is 14.3. The first-order chi connectivity index (χ1) is 20.1. The van der Waals surface area contributed by atoms with Gasteiger partial charge in [0.25, 0.3) is 0 Å². The van der Waals surface area contributed by atoms with E-state index in [0.717, 1.165) is 62.2 Å². The van der Waals surface area contributed by atoms with Gasteiger partial charge in [0.15, 0.2) is 5.16 Å². The number of ether oxygens (including phenoxy) is 2. The van der Waals surface area contributed by atoms with Gasteiger partial charge in [-0.2, -0.15) is 0 Å². The molecule has 0 saturated heterocycles. The van der Waals surface area contributed by atoms with Gasteiger partial charge < -0.3 is 18.9 Å². The third-order valence-corrected chi connectivity index (χ3v) is 12.3. The van der Waals surface area contributed by atoms with Crippen LogP contribution in [-0.4, -0.2) is 90.7 Å². The summed E-state index contributed by atoms with van der Waals surface area (Å²) in [5.74, 6) is 0.000197. The minimum absolute atomic E-state index is 0.0296. The topological polar surface area (TPSA) is 39.5 Å². The Morgan fingerprint density at radius 1 is 1.05 bits per heavy atom. The highest BCUT2D eigenvalue weighted by atomic mass is 35.5. The van der Waals surface area contributed by atoms with Crippen LogP contribution in [0.2, 0.25) is 0 Å². The van der Waals surface area contributed by atoms with E-state index >= 15 is 8.78 Å². The monoisotopic (exact) mass is 633 g/mol. The number of aryl methyl sites for hydroxylation is 1. The van der Waals surface area contributed by atoms with Gasteiger partial charge >= 0.3 is 0 Å². The number of imidazole rings is 1. The summed E-state index contributed by atoms with van der Waals surface area (Å²) in [4.78, 5) is 7.21. The molecule has 4 aliphatic rings. The average molecular weight is 634 g/mol. The van der Waals surface area contributed by atoms with E-state index in [2.05, 4.69) is 11.5 Å². The van der Waals surface area contributed by atoms with Gasteiger partial charge in [-0.1, -0.05) is 18.7 Å². The number of fused-ring (bicyclic) bond motifs is 1. The molecule has 5 rings (SSSR count). The highest BCUT2D eigenvalue weighted by Gasteiger charge is 2.48. The number of methoxy groups -OCH3 is 1. The van der Waals surface area contributed by atoms with Gasteiger partial charge in [-0.3, -0.25) is 0 Å². The SMILES string of the molecule is COC1CC(C2(C)CCCc3nc(SCC4C(F)CCC(OCCN(C)C)C4F)n(C4CCC(F)CC4)c32)CCC1Cl. The minimum atomic E-state index is -1.34. The smallest absolute Gasteiger partial charge is 0.168 e. The Kier molecular flexibility index (Phi) is 11.2. The quantitative estimate of drug-likeness (QED) is 0.197. The van der Waals surface area contributed by atoms with Gasteiger partial charge in [0.1, 0.15) is 18.5 Å². The zero-order chi connectivity index (χ0) is 30.0. The summed E-state index contributed by atoms with van der Waals surface area (Å²) in [6.07, 6.45) is 5.47. The summed E-state index contributed by atoms with van der Waals surface area (Å²) in [6, 6.07) is 0.159. The number of hydrogen-bond acceptors (Lipinski definition) is 5. The van der Waals surface area contributed by atoms with Crippen LogP contribution in [0.4, 0.5) is 13.2 Å². The molecule has 0 aromatic carbocycles. The number of alkyl halides is 4. The van der Waals surface area contributed by atoms with Crippen molar-refractivity contribution in [2.45, 2.75) is 137 Å². The fourth-order valence-corrected chi connectivity index (χ4v) is 9.74. The molecule has 0 amide bonds. The minimum Gasteiger partial charge on any atom is -0.380 e.